The normalized spacial score (nSPS) is 18.0. The molecule has 0 aliphatic carbocycles. The molecule has 1 saturated heterocycles. The van der Waals surface area contributed by atoms with Gasteiger partial charge in [-0.2, -0.15) is 0 Å². The van der Waals surface area contributed by atoms with E-state index in [4.69, 9.17) is 0 Å². The molecule has 1 aromatic rings. The van der Waals surface area contributed by atoms with Gasteiger partial charge in [-0.15, -0.1) is 0 Å². The summed E-state index contributed by atoms with van der Waals surface area (Å²) in [4.78, 5) is 7.16. The van der Waals surface area contributed by atoms with E-state index in [2.05, 4.69) is 34.4 Å². The van der Waals surface area contributed by atoms with Crippen molar-refractivity contribution in [2.45, 2.75) is 52.5 Å². The average Bonchev–Trinajstić information content (AvgIpc) is 2.61. The highest BCUT2D eigenvalue weighted by molar-refractivity contribution is 5.80. The summed E-state index contributed by atoms with van der Waals surface area (Å²) in [6, 6.07) is 4.15. The summed E-state index contributed by atoms with van der Waals surface area (Å²) in [6.07, 6.45) is 2.19. The van der Waals surface area contributed by atoms with Crippen LogP contribution in [0, 0.1) is 17.6 Å². The molecule has 0 amide bonds. The van der Waals surface area contributed by atoms with Gasteiger partial charge in [-0.05, 0) is 37.3 Å². The molecule has 27 heavy (non-hydrogen) atoms. The number of halogens is 2. The number of nitrogens with one attached hydrogen (secondary N) is 2. The topological polar surface area (TPSA) is 39.7 Å². The second-order valence-electron chi connectivity index (χ2n) is 7.90. The lowest BCUT2D eigenvalue weighted by atomic mass is 10.0. The lowest BCUT2D eigenvalue weighted by Gasteiger charge is -2.34. The molecule has 1 aliphatic rings. The van der Waals surface area contributed by atoms with Gasteiger partial charge in [0.15, 0.2) is 5.96 Å². The first-order valence-electron chi connectivity index (χ1n) is 10.1. The van der Waals surface area contributed by atoms with Gasteiger partial charge in [0.1, 0.15) is 11.6 Å². The van der Waals surface area contributed by atoms with Gasteiger partial charge in [0.05, 0.1) is 0 Å². The van der Waals surface area contributed by atoms with Gasteiger partial charge in [-0.3, -0.25) is 4.99 Å². The van der Waals surface area contributed by atoms with E-state index in [9.17, 15) is 8.78 Å². The summed E-state index contributed by atoms with van der Waals surface area (Å²) in [7, 11) is 0. The third-order valence-corrected chi connectivity index (χ3v) is 4.91. The minimum absolute atomic E-state index is 0.117. The lowest BCUT2D eigenvalue weighted by Crippen LogP contribution is -2.49. The Morgan fingerprint density at radius 1 is 1.22 bits per heavy atom. The molecule has 0 saturated carbocycles. The van der Waals surface area contributed by atoms with E-state index in [0.717, 1.165) is 51.0 Å². The van der Waals surface area contributed by atoms with E-state index in [-0.39, 0.29) is 5.92 Å². The van der Waals surface area contributed by atoms with Gasteiger partial charge in [0.25, 0.3) is 0 Å². The first-order chi connectivity index (χ1) is 12.9. The largest absolute Gasteiger partial charge is 0.357 e. The fourth-order valence-electron chi connectivity index (χ4n) is 3.52. The van der Waals surface area contributed by atoms with E-state index >= 15 is 0 Å². The Morgan fingerprint density at radius 3 is 2.52 bits per heavy atom. The molecule has 1 heterocycles. The van der Waals surface area contributed by atoms with Crippen molar-refractivity contribution >= 4 is 5.96 Å². The Balaban J connectivity index is 1.90. The minimum Gasteiger partial charge on any atom is -0.357 e. The summed E-state index contributed by atoms with van der Waals surface area (Å²) in [5.74, 6) is 0.295. The van der Waals surface area contributed by atoms with Crippen molar-refractivity contribution in [2.75, 3.05) is 32.7 Å². The Labute approximate surface area is 162 Å². The van der Waals surface area contributed by atoms with E-state index in [1.54, 1.807) is 0 Å². The van der Waals surface area contributed by atoms with Crippen LogP contribution < -0.4 is 10.6 Å². The van der Waals surface area contributed by atoms with E-state index in [1.165, 1.54) is 12.1 Å². The Morgan fingerprint density at radius 2 is 1.93 bits per heavy atom. The maximum atomic E-state index is 13.9. The second-order valence-corrected chi connectivity index (χ2v) is 7.90. The van der Waals surface area contributed by atoms with Crippen molar-refractivity contribution in [2.24, 2.45) is 10.9 Å². The molecule has 1 fully saturated rings. The predicted octanol–water partition coefficient (Wildman–Crippen LogP) is 3.74. The van der Waals surface area contributed by atoms with Crippen molar-refractivity contribution in [3.63, 3.8) is 0 Å². The van der Waals surface area contributed by atoms with Crippen LogP contribution in [0.25, 0.3) is 0 Å². The van der Waals surface area contributed by atoms with Crippen molar-refractivity contribution in [1.29, 1.82) is 0 Å². The molecule has 1 unspecified atom stereocenters. The maximum absolute atomic E-state index is 13.9. The maximum Gasteiger partial charge on any atom is 0.191 e. The second kappa shape index (κ2) is 10.6. The van der Waals surface area contributed by atoms with Crippen molar-refractivity contribution < 1.29 is 8.78 Å². The summed E-state index contributed by atoms with van der Waals surface area (Å²) in [5, 5.41) is 6.80. The van der Waals surface area contributed by atoms with Gasteiger partial charge in [-0.1, -0.05) is 26.8 Å². The monoisotopic (exact) mass is 380 g/mol. The summed E-state index contributed by atoms with van der Waals surface area (Å²) >= 11 is 0. The smallest absolute Gasteiger partial charge is 0.191 e. The number of likely N-dealkylation sites (tertiary alicyclic amines) is 1. The molecule has 0 aromatic heterocycles. The number of hydrogen-bond donors (Lipinski definition) is 2. The number of guanidine groups is 1. The minimum atomic E-state index is -0.550. The molecule has 0 bridgehead atoms. The number of piperidine rings is 1. The van der Waals surface area contributed by atoms with Crippen LogP contribution in [-0.4, -0.2) is 49.6 Å². The van der Waals surface area contributed by atoms with Gasteiger partial charge in [0.2, 0.25) is 0 Å². The number of hydrogen-bond acceptors (Lipinski definition) is 2. The molecule has 6 heteroatoms. The van der Waals surface area contributed by atoms with Crippen LogP contribution in [0.3, 0.4) is 0 Å². The fourth-order valence-corrected chi connectivity index (χ4v) is 3.52. The van der Waals surface area contributed by atoms with E-state index < -0.39 is 11.6 Å². The number of nitrogens with zero attached hydrogens (tertiary/aromatic N) is 2. The van der Waals surface area contributed by atoms with Crippen LogP contribution in [0.5, 0.6) is 0 Å². The highest BCUT2D eigenvalue weighted by atomic mass is 19.1. The zero-order valence-electron chi connectivity index (χ0n) is 17.1. The number of aliphatic imine (C=N–C) groups is 1. The van der Waals surface area contributed by atoms with Crippen LogP contribution in [0.1, 0.15) is 52.0 Å². The van der Waals surface area contributed by atoms with Crippen molar-refractivity contribution in [3.8, 4) is 0 Å². The molecule has 0 spiro atoms. The highest BCUT2D eigenvalue weighted by Crippen LogP contribution is 2.20. The van der Waals surface area contributed by atoms with Crippen molar-refractivity contribution in [1.82, 2.24) is 15.5 Å². The Kier molecular flexibility index (Phi) is 8.48. The van der Waals surface area contributed by atoms with Crippen LogP contribution >= 0.6 is 0 Å². The van der Waals surface area contributed by atoms with Crippen molar-refractivity contribution in [3.05, 3.63) is 35.4 Å². The molecular weight excluding hydrogens is 346 g/mol. The molecule has 2 N–H and O–H groups in total. The predicted molar refractivity (Wildman–Crippen MR) is 108 cm³/mol. The zero-order valence-corrected chi connectivity index (χ0v) is 17.1. The SMILES string of the molecule is CCNC(=NCC(C)c1ccc(F)cc1F)NC1CCN(CC(C)C)CC1. The number of rotatable bonds is 7. The molecule has 4 nitrogen and oxygen atoms in total. The fraction of sp³-hybridized carbons (Fsp3) is 0.667. The quantitative estimate of drug-likeness (QED) is 0.559. The number of benzene rings is 1. The molecule has 0 radical (unpaired) electrons. The van der Waals surface area contributed by atoms with Crippen LogP contribution in [0.2, 0.25) is 0 Å². The van der Waals surface area contributed by atoms with Gasteiger partial charge < -0.3 is 15.5 Å². The standard InChI is InChI=1S/C21H34F2N4/c1-5-24-21(26-18-8-10-27(11-9-18)14-15(2)3)25-13-16(4)19-7-6-17(22)12-20(19)23/h6-7,12,15-16,18H,5,8-11,13-14H2,1-4H3,(H2,24,25,26). The van der Waals surface area contributed by atoms with Crippen LogP contribution in [0.15, 0.2) is 23.2 Å². The molecule has 1 aliphatic heterocycles. The molecule has 152 valence electrons. The Hall–Kier alpha value is -1.69. The zero-order chi connectivity index (χ0) is 19.8. The first-order valence-corrected chi connectivity index (χ1v) is 10.1. The molecule has 1 atom stereocenters. The van der Waals surface area contributed by atoms with E-state index in [1.807, 2.05) is 13.8 Å². The highest BCUT2D eigenvalue weighted by Gasteiger charge is 2.20. The van der Waals surface area contributed by atoms with Gasteiger partial charge >= 0.3 is 0 Å². The Bertz CT molecular complexity index is 610. The average molecular weight is 381 g/mol. The molecule has 2 rings (SSSR count). The molecule has 1 aromatic carbocycles. The first kappa shape index (κ1) is 21.6. The van der Waals surface area contributed by atoms with Crippen LogP contribution in [0.4, 0.5) is 8.78 Å². The lowest BCUT2D eigenvalue weighted by molar-refractivity contribution is 0.187. The van der Waals surface area contributed by atoms with Gasteiger partial charge in [-0.25, -0.2) is 8.78 Å². The third-order valence-electron chi connectivity index (χ3n) is 4.91. The molecular formula is C21H34F2N4. The third kappa shape index (κ3) is 7.09. The summed E-state index contributed by atoms with van der Waals surface area (Å²) in [6.45, 7) is 13.0. The van der Waals surface area contributed by atoms with E-state index in [0.29, 0.717) is 24.1 Å². The van der Waals surface area contributed by atoms with Gasteiger partial charge in [0, 0.05) is 50.7 Å². The summed E-state index contributed by atoms with van der Waals surface area (Å²) in [5.41, 5.74) is 0.498. The summed E-state index contributed by atoms with van der Waals surface area (Å²) < 4.78 is 27.0. The van der Waals surface area contributed by atoms with Crippen LogP contribution in [-0.2, 0) is 0 Å².